The molecule has 1 saturated heterocycles. The van der Waals surface area contributed by atoms with Crippen LogP contribution in [0.3, 0.4) is 0 Å². The van der Waals surface area contributed by atoms with Gasteiger partial charge in [0.15, 0.2) is 0 Å². The highest BCUT2D eigenvalue weighted by molar-refractivity contribution is 5.73. The van der Waals surface area contributed by atoms with E-state index in [-0.39, 0.29) is 17.8 Å². The van der Waals surface area contributed by atoms with Gasteiger partial charge in [-0.15, -0.1) is 0 Å². The third-order valence-corrected chi connectivity index (χ3v) is 6.74. The molecule has 0 saturated carbocycles. The normalized spacial score (nSPS) is 48.6. The van der Waals surface area contributed by atoms with Crippen molar-refractivity contribution < 1.29 is 30.0 Å². The Balaban J connectivity index is 3.21. The molecule has 0 spiro atoms. The first kappa shape index (κ1) is 24.3. The van der Waals surface area contributed by atoms with Gasteiger partial charge >= 0.3 is 5.97 Å². The highest BCUT2D eigenvalue weighted by Gasteiger charge is 2.40. The molecule has 1 aliphatic heterocycles. The van der Waals surface area contributed by atoms with Crippen molar-refractivity contribution in [2.24, 2.45) is 35.5 Å². The van der Waals surface area contributed by atoms with Crippen molar-refractivity contribution in [3.8, 4) is 0 Å². The summed E-state index contributed by atoms with van der Waals surface area (Å²) in [5, 5.41) is 42.7. The summed E-state index contributed by atoms with van der Waals surface area (Å²) in [6.07, 6.45) is -2.84. The second-order valence-electron chi connectivity index (χ2n) is 8.90. The van der Waals surface area contributed by atoms with Gasteiger partial charge in [0, 0.05) is 17.8 Å². The summed E-state index contributed by atoms with van der Waals surface area (Å²) in [6, 6.07) is 0. The molecule has 27 heavy (non-hydrogen) atoms. The molecule has 6 nitrogen and oxygen atoms in total. The predicted molar refractivity (Wildman–Crippen MR) is 104 cm³/mol. The van der Waals surface area contributed by atoms with E-state index in [1.165, 1.54) is 0 Å². The molecule has 1 rings (SSSR count). The van der Waals surface area contributed by atoms with Gasteiger partial charge in [-0.3, -0.25) is 4.79 Å². The molecule has 0 aromatic rings. The van der Waals surface area contributed by atoms with Crippen LogP contribution in [0.5, 0.6) is 0 Å². The van der Waals surface area contributed by atoms with Crippen molar-refractivity contribution >= 4 is 5.97 Å². The summed E-state index contributed by atoms with van der Waals surface area (Å²) in [5.41, 5.74) is 0. The summed E-state index contributed by atoms with van der Waals surface area (Å²) in [7, 11) is 0. The van der Waals surface area contributed by atoms with Gasteiger partial charge in [-0.05, 0) is 31.6 Å². The Hall–Kier alpha value is -0.690. The Morgan fingerprint density at radius 2 is 1.22 bits per heavy atom. The number of hydrogen-bond acceptors (Lipinski definition) is 6. The van der Waals surface area contributed by atoms with Gasteiger partial charge in [0.05, 0.1) is 30.3 Å². The molecule has 6 heteroatoms. The number of aliphatic hydroxyl groups excluding tert-OH is 4. The molecular weight excluding hydrogens is 348 g/mol. The van der Waals surface area contributed by atoms with Crippen LogP contribution in [0.4, 0.5) is 0 Å². The topological polar surface area (TPSA) is 107 Å². The fourth-order valence-corrected chi connectivity index (χ4v) is 4.42. The smallest absolute Gasteiger partial charge is 0.311 e. The quantitative estimate of drug-likeness (QED) is 0.512. The number of hydrogen-bond donors (Lipinski definition) is 4. The molecule has 1 heterocycles. The molecule has 160 valence electrons. The zero-order valence-electron chi connectivity index (χ0n) is 17.9. The maximum Gasteiger partial charge on any atom is 0.311 e. The van der Waals surface area contributed by atoms with Crippen LogP contribution in [0.15, 0.2) is 0 Å². The van der Waals surface area contributed by atoms with E-state index >= 15 is 0 Å². The molecule has 0 radical (unpaired) electrons. The van der Waals surface area contributed by atoms with E-state index in [1.807, 2.05) is 27.7 Å². The monoisotopic (exact) mass is 388 g/mol. The molecule has 1 fully saturated rings. The van der Waals surface area contributed by atoms with Gasteiger partial charge < -0.3 is 25.2 Å². The average Bonchev–Trinajstić information content (AvgIpc) is 2.66. The largest absolute Gasteiger partial charge is 0.462 e. The standard InChI is InChI=1S/C21H40O6/c1-8-16-12(4)19(24)13(5)17(22)10(2)9-11(3)18(23)14(6)20(25)15(7)21(26)27-16/h10-20,22-25H,8-9H2,1-7H3/t10-,11?,12+,13+,14-,15-,16?,17+,18+,19+,20+/m1/s1. The van der Waals surface area contributed by atoms with Crippen molar-refractivity contribution in [3.63, 3.8) is 0 Å². The van der Waals surface area contributed by atoms with E-state index in [0.29, 0.717) is 12.8 Å². The van der Waals surface area contributed by atoms with Crippen LogP contribution in [0, 0.1) is 35.5 Å². The summed E-state index contributed by atoms with van der Waals surface area (Å²) >= 11 is 0. The van der Waals surface area contributed by atoms with Gasteiger partial charge in [0.1, 0.15) is 6.10 Å². The van der Waals surface area contributed by atoms with Crippen LogP contribution < -0.4 is 0 Å². The van der Waals surface area contributed by atoms with Gasteiger partial charge in [-0.25, -0.2) is 0 Å². The molecule has 0 aromatic heterocycles. The number of aliphatic hydroxyl groups is 4. The first-order valence-electron chi connectivity index (χ1n) is 10.4. The Morgan fingerprint density at radius 3 is 1.67 bits per heavy atom. The van der Waals surface area contributed by atoms with E-state index in [0.717, 1.165) is 0 Å². The number of carbonyl (C=O) groups excluding carboxylic acids is 1. The maximum atomic E-state index is 12.6. The summed E-state index contributed by atoms with van der Waals surface area (Å²) < 4.78 is 5.61. The fraction of sp³-hybridized carbons (Fsp3) is 0.952. The lowest BCUT2D eigenvalue weighted by atomic mass is 9.76. The van der Waals surface area contributed by atoms with Crippen LogP contribution in [0.25, 0.3) is 0 Å². The van der Waals surface area contributed by atoms with Crippen LogP contribution in [-0.4, -0.2) is 56.9 Å². The molecule has 1 aliphatic rings. The lowest BCUT2D eigenvalue weighted by Gasteiger charge is -2.38. The number of carbonyl (C=O) groups is 1. The minimum atomic E-state index is -1.03. The number of cyclic esters (lactones) is 1. The Labute approximate surface area is 163 Å². The van der Waals surface area contributed by atoms with E-state index in [1.54, 1.807) is 20.8 Å². The second kappa shape index (κ2) is 10.2. The summed E-state index contributed by atoms with van der Waals surface area (Å²) in [4.78, 5) is 12.6. The van der Waals surface area contributed by atoms with E-state index in [4.69, 9.17) is 4.74 Å². The predicted octanol–water partition coefficient (Wildman–Crippen LogP) is 1.97. The van der Waals surface area contributed by atoms with Crippen molar-refractivity contribution in [1.29, 1.82) is 0 Å². The zero-order valence-corrected chi connectivity index (χ0v) is 17.9. The first-order chi connectivity index (χ1) is 12.4. The van der Waals surface area contributed by atoms with Gasteiger partial charge in [0.25, 0.3) is 0 Å². The minimum Gasteiger partial charge on any atom is -0.462 e. The SMILES string of the molecule is CCC1OC(=O)[C@H](C)[C@@H](O)[C@H](C)[C@@H](O)C(C)C[C@@H](C)[C@H](O)[C@H](C)[C@@H](O)[C@H]1C. The zero-order chi connectivity index (χ0) is 21.0. The number of rotatable bonds is 1. The summed E-state index contributed by atoms with van der Waals surface area (Å²) in [5.74, 6) is -2.84. The number of esters is 1. The van der Waals surface area contributed by atoms with Crippen molar-refractivity contribution in [3.05, 3.63) is 0 Å². The molecule has 0 aromatic carbocycles. The Kier molecular flexibility index (Phi) is 9.19. The van der Waals surface area contributed by atoms with Crippen LogP contribution in [0.1, 0.15) is 61.3 Å². The molecule has 0 amide bonds. The molecule has 2 unspecified atom stereocenters. The van der Waals surface area contributed by atoms with E-state index in [9.17, 15) is 25.2 Å². The molecule has 0 aliphatic carbocycles. The van der Waals surface area contributed by atoms with Crippen molar-refractivity contribution in [2.75, 3.05) is 0 Å². The fourth-order valence-electron chi connectivity index (χ4n) is 4.42. The van der Waals surface area contributed by atoms with Crippen LogP contribution in [0.2, 0.25) is 0 Å². The first-order valence-corrected chi connectivity index (χ1v) is 10.4. The number of ether oxygens (including phenoxy) is 1. The molecular formula is C21H40O6. The lowest BCUT2D eigenvalue weighted by molar-refractivity contribution is -0.167. The van der Waals surface area contributed by atoms with E-state index in [2.05, 4.69) is 0 Å². The van der Waals surface area contributed by atoms with Gasteiger partial charge in [-0.1, -0.05) is 41.5 Å². The average molecular weight is 389 g/mol. The highest BCUT2D eigenvalue weighted by Crippen LogP contribution is 2.32. The molecule has 4 N–H and O–H groups in total. The second-order valence-corrected chi connectivity index (χ2v) is 8.90. The molecule has 0 bridgehead atoms. The van der Waals surface area contributed by atoms with Crippen LogP contribution >= 0.6 is 0 Å². The maximum absolute atomic E-state index is 12.6. The lowest BCUT2D eigenvalue weighted by Crippen LogP contribution is -2.46. The van der Waals surface area contributed by atoms with Crippen LogP contribution in [-0.2, 0) is 9.53 Å². The molecule has 11 atom stereocenters. The van der Waals surface area contributed by atoms with E-state index < -0.39 is 54.2 Å². The third-order valence-electron chi connectivity index (χ3n) is 6.74. The van der Waals surface area contributed by atoms with Crippen molar-refractivity contribution in [1.82, 2.24) is 0 Å². The Bertz CT molecular complexity index is 470. The minimum absolute atomic E-state index is 0.126. The highest BCUT2D eigenvalue weighted by atomic mass is 16.5. The Morgan fingerprint density at radius 1 is 0.778 bits per heavy atom. The van der Waals surface area contributed by atoms with Gasteiger partial charge in [0.2, 0.25) is 0 Å². The van der Waals surface area contributed by atoms with Gasteiger partial charge in [-0.2, -0.15) is 0 Å². The third kappa shape index (κ3) is 5.66. The summed E-state index contributed by atoms with van der Waals surface area (Å²) in [6.45, 7) is 12.6. The van der Waals surface area contributed by atoms with Crippen molar-refractivity contribution in [2.45, 2.75) is 91.8 Å².